The Morgan fingerprint density at radius 1 is 1.39 bits per heavy atom. The fourth-order valence-corrected chi connectivity index (χ4v) is 1.27. The molecule has 1 rings (SSSR count). The third-order valence-electron chi connectivity index (χ3n) is 2.00. The van der Waals surface area contributed by atoms with Crippen molar-refractivity contribution in [1.82, 2.24) is 9.97 Å². The Bertz CT molecular complexity index is 396. The van der Waals surface area contributed by atoms with E-state index in [4.69, 9.17) is 9.47 Å². The van der Waals surface area contributed by atoms with Crippen molar-refractivity contribution in [3.8, 4) is 5.88 Å². The summed E-state index contributed by atoms with van der Waals surface area (Å²) in [5.74, 6) is 0.683. The van der Waals surface area contributed by atoms with Crippen molar-refractivity contribution in [1.29, 1.82) is 0 Å². The molecule has 1 aromatic heterocycles. The zero-order valence-electron chi connectivity index (χ0n) is 11.1. The SMILES string of the molecule is CCOC(=O)C(C)Nc1cc(OC(C)C)ncn1. The van der Waals surface area contributed by atoms with Crippen LogP contribution < -0.4 is 10.1 Å². The van der Waals surface area contributed by atoms with Gasteiger partial charge in [0.15, 0.2) is 0 Å². The van der Waals surface area contributed by atoms with Gasteiger partial charge in [-0.3, -0.25) is 0 Å². The van der Waals surface area contributed by atoms with Crippen LogP contribution >= 0.6 is 0 Å². The van der Waals surface area contributed by atoms with Crippen molar-refractivity contribution < 1.29 is 14.3 Å². The Labute approximate surface area is 107 Å². The lowest BCUT2D eigenvalue weighted by atomic mass is 10.3. The molecule has 1 aromatic rings. The first-order valence-corrected chi connectivity index (χ1v) is 5.94. The number of hydrogen-bond acceptors (Lipinski definition) is 6. The molecule has 0 aliphatic heterocycles. The number of hydrogen-bond donors (Lipinski definition) is 1. The molecular weight excluding hydrogens is 234 g/mol. The number of aromatic nitrogens is 2. The van der Waals surface area contributed by atoms with Crippen molar-refractivity contribution in [2.75, 3.05) is 11.9 Å². The lowest BCUT2D eigenvalue weighted by Crippen LogP contribution is -2.28. The topological polar surface area (TPSA) is 73.3 Å². The molecule has 0 saturated carbocycles. The Hall–Kier alpha value is -1.85. The summed E-state index contributed by atoms with van der Waals surface area (Å²) < 4.78 is 10.3. The summed E-state index contributed by atoms with van der Waals surface area (Å²) in [7, 11) is 0. The molecule has 0 aliphatic carbocycles. The molecule has 1 atom stereocenters. The number of nitrogens with zero attached hydrogens (tertiary/aromatic N) is 2. The zero-order chi connectivity index (χ0) is 13.5. The van der Waals surface area contributed by atoms with E-state index >= 15 is 0 Å². The summed E-state index contributed by atoms with van der Waals surface area (Å²) >= 11 is 0. The third kappa shape index (κ3) is 4.57. The van der Waals surface area contributed by atoms with Crippen LogP contribution in [0, 0.1) is 0 Å². The predicted octanol–water partition coefficient (Wildman–Crippen LogP) is 1.63. The van der Waals surface area contributed by atoms with Crippen LogP contribution in [0.25, 0.3) is 0 Å². The van der Waals surface area contributed by atoms with Gasteiger partial charge >= 0.3 is 5.97 Å². The van der Waals surface area contributed by atoms with E-state index in [1.54, 1.807) is 19.9 Å². The van der Waals surface area contributed by atoms with Crippen LogP contribution in [-0.4, -0.2) is 34.7 Å². The second kappa shape index (κ2) is 6.78. The molecular formula is C12H19N3O3. The van der Waals surface area contributed by atoms with E-state index in [0.717, 1.165) is 0 Å². The highest BCUT2D eigenvalue weighted by atomic mass is 16.5. The summed E-state index contributed by atoms with van der Waals surface area (Å²) in [6, 6.07) is 1.18. The van der Waals surface area contributed by atoms with Crippen LogP contribution in [0.1, 0.15) is 27.7 Å². The average molecular weight is 253 g/mol. The highest BCUT2D eigenvalue weighted by Crippen LogP contribution is 2.13. The standard InChI is InChI=1S/C12H19N3O3/c1-5-17-12(16)9(4)15-10-6-11(14-7-13-10)18-8(2)3/h6-9H,5H2,1-4H3,(H,13,14,15). The minimum absolute atomic E-state index is 0.0373. The fraction of sp³-hybridized carbons (Fsp3) is 0.583. The first-order chi connectivity index (χ1) is 8.52. The average Bonchev–Trinajstić information content (AvgIpc) is 2.28. The smallest absolute Gasteiger partial charge is 0.328 e. The lowest BCUT2D eigenvalue weighted by Gasteiger charge is -2.14. The highest BCUT2D eigenvalue weighted by molar-refractivity contribution is 5.78. The van der Waals surface area contributed by atoms with E-state index in [1.165, 1.54) is 6.33 Å². The molecule has 0 spiro atoms. The largest absolute Gasteiger partial charge is 0.475 e. The van der Waals surface area contributed by atoms with Gasteiger partial charge in [0.05, 0.1) is 12.7 Å². The summed E-state index contributed by atoms with van der Waals surface area (Å²) in [5, 5.41) is 2.93. The van der Waals surface area contributed by atoms with Gasteiger partial charge in [-0.25, -0.2) is 14.8 Å². The molecule has 18 heavy (non-hydrogen) atoms. The van der Waals surface area contributed by atoms with Gasteiger partial charge in [0, 0.05) is 6.07 Å². The molecule has 6 nitrogen and oxygen atoms in total. The van der Waals surface area contributed by atoms with Crippen LogP contribution in [0.15, 0.2) is 12.4 Å². The van der Waals surface area contributed by atoms with Crippen LogP contribution in [0.4, 0.5) is 5.82 Å². The van der Waals surface area contributed by atoms with Gasteiger partial charge < -0.3 is 14.8 Å². The molecule has 0 amide bonds. The predicted molar refractivity (Wildman–Crippen MR) is 67.5 cm³/mol. The van der Waals surface area contributed by atoms with E-state index in [9.17, 15) is 4.79 Å². The molecule has 0 aromatic carbocycles. The number of anilines is 1. The number of carbonyl (C=O) groups excluding carboxylic acids is 1. The molecule has 1 heterocycles. The van der Waals surface area contributed by atoms with Crippen molar-refractivity contribution >= 4 is 11.8 Å². The second-order valence-electron chi connectivity index (χ2n) is 4.03. The number of esters is 1. The van der Waals surface area contributed by atoms with E-state index in [1.807, 2.05) is 13.8 Å². The van der Waals surface area contributed by atoms with E-state index < -0.39 is 6.04 Å². The van der Waals surface area contributed by atoms with Gasteiger partial charge in [-0.2, -0.15) is 0 Å². The Morgan fingerprint density at radius 2 is 2.11 bits per heavy atom. The molecule has 0 radical (unpaired) electrons. The van der Waals surface area contributed by atoms with Gasteiger partial charge in [-0.05, 0) is 27.7 Å². The maximum Gasteiger partial charge on any atom is 0.328 e. The van der Waals surface area contributed by atoms with Crippen molar-refractivity contribution in [3.63, 3.8) is 0 Å². The first-order valence-electron chi connectivity index (χ1n) is 5.94. The second-order valence-corrected chi connectivity index (χ2v) is 4.03. The number of nitrogens with one attached hydrogen (secondary N) is 1. The Morgan fingerprint density at radius 3 is 2.72 bits per heavy atom. The summed E-state index contributed by atoms with van der Waals surface area (Å²) in [6.07, 6.45) is 1.42. The highest BCUT2D eigenvalue weighted by Gasteiger charge is 2.14. The molecule has 1 N–H and O–H groups in total. The zero-order valence-corrected chi connectivity index (χ0v) is 11.1. The number of ether oxygens (including phenoxy) is 2. The van der Waals surface area contributed by atoms with Gasteiger partial charge in [-0.1, -0.05) is 0 Å². The van der Waals surface area contributed by atoms with Gasteiger partial charge in [0.1, 0.15) is 18.2 Å². The summed E-state index contributed by atoms with van der Waals surface area (Å²) in [5.41, 5.74) is 0. The minimum Gasteiger partial charge on any atom is -0.475 e. The maximum absolute atomic E-state index is 11.5. The maximum atomic E-state index is 11.5. The van der Waals surface area contributed by atoms with Crippen LogP contribution in [0.5, 0.6) is 5.88 Å². The molecule has 0 aliphatic rings. The molecule has 1 unspecified atom stereocenters. The monoisotopic (exact) mass is 253 g/mol. The Balaban J connectivity index is 2.64. The quantitative estimate of drug-likeness (QED) is 0.777. The fourth-order valence-electron chi connectivity index (χ4n) is 1.27. The molecule has 0 bridgehead atoms. The van der Waals surface area contributed by atoms with Crippen molar-refractivity contribution in [2.24, 2.45) is 0 Å². The van der Waals surface area contributed by atoms with Gasteiger partial charge in [-0.15, -0.1) is 0 Å². The van der Waals surface area contributed by atoms with Crippen LogP contribution in [0.2, 0.25) is 0 Å². The lowest BCUT2D eigenvalue weighted by molar-refractivity contribution is -0.143. The van der Waals surface area contributed by atoms with Crippen molar-refractivity contribution in [3.05, 3.63) is 12.4 Å². The van der Waals surface area contributed by atoms with E-state index in [2.05, 4.69) is 15.3 Å². The van der Waals surface area contributed by atoms with Gasteiger partial charge in [0.2, 0.25) is 5.88 Å². The first kappa shape index (κ1) is 14.2. The van der Waals surface area contributed by atoms with E-state index in [0.29, 0.717) is 18.3 Å². The molecule has 6 heteroatoms. The summed E-state index contributed by atoms with van der Waals surface area (Å²) in [4.78, 5) is 19.4. The molecule has 100 valence electrons. The van der Waals surface area contributed by atoms with Crippen molar-refractivity contribution in [2.45, 2.75) is 39.8 Å². The van der Waals surface area contributed by atoms with Gasteiger partial charge in [0.25, 0.3) is 0 Å². The molecule has 0 saturated heterocycles. The third-order valence-corrected chi connectivity index (χ3v) is 2.00. The minimum atomic E-state index is -0.466. The Kier molecular flexibility index (Phi) is 5.35. The van der Waals surface area contributed by atoms with Crippen LogP contribution in [0.3, 0.4) is 0 Å². The molecule has 0 fully saturated rings. The summed E-state index contributed by atoms with van der Waals surface area (Å²) in [6.45, 7) is 7.66. The normalized spacial score (nSPS) is 12.1. The van der Waals surface area contributed by atoms with E-state index in [-0.39, 0.29) is 12.1 Å². The number of carbonyl (C=O) groups is 1. The van der Waals surface area contributed by atoms with Crippen LogP contribution in [-0.2, 0) is 9.53 Å². The number of rotatable bonds is 6.